The first-order chi connectivity index (χ1) is 12.8. The van der Waals surface area contributed by atoms with E-state index in [4.69, 9.17) is 20.8 Å². The van der Waals surface area contributed by atoms with Crippen LogP contribution in [0.5, 0.6) is 0 Å². The van der Waals surface area contributed by atoms with Crippen LogP contribution in [0.1, 0.15) is 40.5 Å². The van der Waals surface area contributed by atoms with Gasteiger partial charge in [0.25, 0.3) is 10.9 Å². The fourth-order valence-corrected chi connectivity index (χ4v) is 4.02. The molecule has 0 spiro atoms. The molecule has 1 aromatic rings. The highest BCUT2D eigenvalue weighted by Crippen LogP contribution is 2.39. The van der Waals surface area contributed by atoms with E-state index in [0.29, 0.717) is 19.2 Å². The van der Waals surface area contributed by atoms with Crippen LogP contribution in [0.4, 0.5) is 11.4 Å². The summed E-state index contributed by atoms with van der Waals surface area (Å²) in [5.74, 6) is -1.52. The predicted octanol–water partition coefficient (Wildman–Crippen LogP) is -0.0445. The summed E-state index contributed by atoms with van der Waals surface area (Å²) in [4.78, 5) is 36.6. The first kappa shape index (κ1) is 20.8. The van der Waals surface area contributed by atoms with Crippen molar-refractivity contribution in [3.8, 4) is 0 Å². The second-order valence-electron chi connectivity index (χ2n) is 8.96. The lowest BCUT2D eigenvalue weighted by molar-refractivity contribution is -0.144. The van der Waals surface area contributed by atoms with Gasteiger partial charge in [-0.3, -0.25) is 14.4 Å². The molecule has 0 amide bonds. The molecule has 5 N–H and O–H groups in total. The zero-order valence-electron chi connectivity index (χ0n) is 16.8. The van der Waals surface area contributed by atoms with Crippen molar-refractivity contribution in [3.05, 3.63) is 20.4 Å². The van der Waals surface area contributed by atoms with E-state index in [1.54, 1.807) is 0 Å². The molecule has 0 aromatic heterocycles. The van der Waals surface area contributed by atoms with Crippen LogP contribution in [0, 0.1) is 5.92 Å². The van der Waals surface area contributed by atoms with Gasteiger partial charge < -0.3 is 30.8 Å². The van der Waals surface area contributed by atoms with Gasteiger partial charge in [0.05, 0.1) is 11.2 Å². The van der Waals surface area contributed by atoms with Crippen molar-refractivity contribution in [1.82, 2.24) is 0 Å². The van der Waals surface area contributed by atoms with Gasteiger partial charge >= 0.3 is 13.1 Å². The van der Waals surface area contributed by atoms with Gasteiger partial charge in [0, 0.05) is 19.0 Å². The number of carboxylic acids is 1. The second kappa shape index (κ2) is 6.57. The molecule has 2 aliphatic heterocycles. The number of nitrogens with two attached hydrogens (primary N) is 2. The van der Waals surface area contributed by atoms with Crippen molar-refractivity contribution in [3.63, 3.8) is 0 Å². The van der Waals surface area contributed by atoms with Crippen molar-refractivity contribution in [1.29, 1.82) is 0 Å². The highest BCUT2D eigenvalue weighted by molar-refractivity contribution is 6.45. The molecular formula is C18H28BN3O6. The molecule has 3 rings (SSSR count). The van der Waals surface area contributed by atoms with E-state index in [-0.39, 0.29) is 31.6 Å². The maximum Gasteiger partial charge on any atom is 0.457 e. The standard InChI is InChI=1S/C18H28BN3O6/c1-16(2)17(3,4)28-19(27-16)7-5-6-10-8-22(9-18(10,21)15(25)26)12-11(20)13(23)14(12)24/h10H,5-9,20-21H2,1-4H3,(H,25,26)/t10-,18-/m1/s1. The van der Waals surface area contributed by atoms with Crippen molar-refractivity contribution < 1.29 is 19.2 Å². The normalized spacial score (nSPS) is 29.0. The van der Waals surface area contributed by atoms with E-state index in [2.05, 4.69) is 0 Å². The Labute approximate surface area is 163 Å². The van der Waals surface area contributed by atoms with Crippen LogP contribution in [0.25, 0.3) is 0 Å². The van der Waals surface area contributed by atoms with E-state index in [1.165, 1.54) is 4.90 Å². The number of carboxylic acid groups (broad SMARTS) is 1. The van der Waals surface area contributed by atoms with E-state index < -0.39 is 39.5 Å². The molecule has 10 heteroatoms. The molecule has 9 nitrogen and oxygen atoms in total. The molecule has 0 bridgehead atoms. The van der Waals surface area contributed by atoms with E-state index in [1.807, 2.05) is 27.7 Å². The van der Waals surface area contributed by atoms with Crippen LogP contribution in [-0.2, 0) is 14.1 Å². The molecule has 0 aliphatic carbocycles. The smallest absolute Gasteiger partial charge is 0.457 e. The summed E-state index contributed by atoms with van der Waals surface area (Å²) in [5.41, 5.74) is 8.05. The Kier molecular flexibility index (Phi) is 4.88. The SMILES string of the molecule is CC1(C)OB(CCC[C@@H]2CN(c3c(N)c(=O)c3=O)C[C@]2(N)C(=O)O)OC1(C)C. The van der Waals surface area contributed by atoms with Crippen LogP contribution in [0.2, 0.25) is 6.32 Å². The first-order valence-corrected chi connectivity index (χ1v) is 9.52. The minimum absolute atomic E-state index is 0.0570. The maximum absolute atomic E-state index is 11.8. The van der Waals surface area contributed by atoms with Gasteiger partial charge in [-0.05, 0) is 40.4 Å². The van der Waals surface area contributed by atoms with Gasteiger partial charge in [0.2, 0.25) is 0 Å². The molecule has 2 heterocycles. The monoisotopic (exact) mass is 393 g/mol. The van der Waals surface area contributed by atoms with Crippen molar-refractivity contribution >= 4 is 24.5 Å². The summed E-state index contributed by atoms with van der Waals surface area (Å²) >= 11 is 0. The minimum Gasteiger partial charge on any atom is -0.480 e. The third-order valence-corrected chi connectivity index (χ3v) is 6.55. The Morgan fingerprint density at radius 2 is 1.79 bits per heavy atom. The molecule has 0 saturated carbocycles. The number of aliphatic carboxylic acids is 1. The fourth-order valence-electron chi connectivity index (χ4n) is 4.02. The third kappa shape index (κ3) is 3.13. The topological polar surface area (TPSA) is 145 Å². The summed E-state index contributed by atoms with van der Waals surface area (Å²) in [6, 6.07) is 0. The van der Waals surface area contributed by atoms with E-state index in [0.717, 1.165) is 0 Å². The minimum atomic E-state index is -1.51. The Hall–Kier alpha value is -1.91. The molecule has 2 aliphatic rings. The number of hydrogen-bond acceptors (Lipinski definition) is 8. The van der Waals surface area contributed by atoms with Crippen LogP contribution in [0.15, 0.2) is 9.59 Å². The average Bonchev–Trinajstić information content (AvgIpc) is 3.01. The molecule has 28 heavy (non-hydrogen) atoms. The van der Waals surface area contributed by atoms with Gasteiger partial charge in [-0.25, -0.2) is 0 Å². The summed E-state index contributed by atoms with van der Waals surface area (Å²) in [6.07, 6.45) is 1.79. The third-order valence-electron chi connectivity index (χ3n) is 6.55. The Balaban J connectivity index is 1.65. The van der Waals surface area contributed by atoms with Gasteiger partial charge in [0.1, 0.15) is 16.9 Å². The van der Waals surface area contributed by atoms with Gasteiger partial charge in [-0.15, -0.1) is 0 Å². The quantitative estimate of drug-likeness (QED) is 0.447. The highest BCUT2D eigenvalue weighted by Gasteiger charge is 2.52. The fraction of sp³-hybridized carbons (Fsp3) is 0.722. The number of nitrogen functional groups attached to an aromatic ring is 1. The number of carbonyl (C=O) groups is 1. The molecule has 0 unspecified atom stereocenters. The molecule has 2 fully saturated rings. The van der Waals surface area contributed by atoms with Crippen LogP contribution in [-0.4, -0.2) is 48.0 Å². The molecule has 0 radical (unpaired) electrons. The van der Waals surface area contributed by atoms with E-state index >= 15 is 0 Å². The Morgan fingerprint density at radius 3 is 2.29 bits per heavy atom. The van der Waals surface area contributed by atoms with Crippen molar-refractivity contribution in [2.45, 2.75) is 63.6 Å². The molecule has 2 saturated heterocycles. The number of rotatable bonds is 6. The number of anilines is 2. The maximum atomic E-state index is 11.8. The Morgan fingerprint density at radius 1 is 1.21 bits per heavy atom. The number of hydrogen-bond donors (Lipinski definition) is 3. The van der Waals surface area contributed by atoms with Crippen molar-refractivity contribution in [2.75, 3.05) is 23.7 Å². The molecule has 1 aromatic carbocycles. The molecule has 2 atom stereocenters. The van der Waals surface area contributed by atoms with Gasteiger partial charge in [0.15, 0.2) is 0 Å². The average molecular weight is 393 g/mol. The largest absolute Gasteiger partial charge is 0.480 e. The zero-order valence-corrected chi connectivity index (χ0v) is 16.8. The summed E-state index contributed by atoms with van der Waals surface area (Å²) < 4.78 is 11.9. The predicted molar refractivity (Wildman–Crippen MR) is 106 cm³/mol. The molecular weight excluding hydrogens is 365 g/mol. The Bertz CT molecular complexity index is 846. The lowest BCUT2D eigenvalue weighted by Gasteiger charge is -2.32. The summed E-state index contributed by atoms with van der Waals surface area (Å²) in [6.45, 7) is 8.12. The van der Waals surface area contributed by atoms with Gasteiger partial charge in [-0.1, -0.05) is 6.42 Å². The van der Waals surface area contributed by atoms with Crippen LogP contribution in [0.3, 0.4) is 0 Å². The lowest BCUT2D eigenvalue weighted by Crippen LogP contribution is -2.55. The van der Waals surface area contributed by atoms with E-state index in [9.17, 15) is 19.5 Å². The second-order valence-corrected chi connectivity index (χ2v) is 8.96. The van der Waals surface area contributed by atoms with Crippen molar-refractivity contribution in [2.24, 2.45) is 11.7 Å². The van der Waals surface area contributed by atoms with Crippen LogP contribution >= 0.6 is 0 Å². The zero-order chi connectivity index (χ0) is 21.1. The first-order valence-electron chi connectivity index (χ1n) is 9.52. The van der Waals surface area contributed by atoms with Gasteiger partial charge in [-0.2, -0.15) is 0 Å². The summed E-state index contributed by atoms with van der Waals surface area (Å²) in [5, 5.41) is 9.66. The van der Waals surface area contributed by atoms with Crippen LogP contribution < -0.4 is 27.2 Å². The highest BCUT2D eigenvalue weighted by atomic mass is 16.7. The number of nitrogens with zero attached hydrogens (tertiary/aromatic N) is 1. The lowest BCUT2D eigenvalue weighted by atomic mass is 9.78. The summed E-state index contributed by atoms with van der Waals surface area (Å²) in [7, 11) is -0.358. The molecule has 154 valence electrons.